The Balaban J connectivity index is 0.00000222. The summed E-state index contributed by atoms with van der Waals surface area (Å²) in [6.45, 7) is 1.97. The number of ether oxygens (including phenoxy) is 1. The number of aliphatic hydroxyl groups is 1. The SMILES string of the molecule is CC.OC(CN(Cc1c(F)cc(C(F)(F)F)cc1F)c1cccc(Oc2ccccc2)c1)C(F)(F)F. The van der Waals surface area contributed by atoms with E-state index in [4.69, 9.17) is 4.74 Å². The molecule has 3 aromatic carbocycles. The number of hydrogen-bond donors (Lipinski definition) is 1. The van der Waals surface area contributed by atoms with Crippen molar-refractivity contribution in [1.29, 1.82) is 0 Å². The zero-order valence-electron chi connectivity index (χ0n) is 19.2. The molecule has 0 amide bonds. The summed E-state index contributed by atoms with van der Waals surface area (Å²) in [7, 11) is 0. The monoisotopic (exact) mass is 521 g/mol. The van der Waals surface area contributed by atoms with Gasteiger partial charge >= 0.3 is 12.4 Å². The number of hydrogen-bond acceptors (Lipinski definition) is 3. The number of anilines is 1. The lowest BCUT2D eigenvalue weighted by Crippen LogP contribution is -2.41. The summed E-state index contributed by atoms with van der Waals surface area (Å²) in [5, 5.41) is 9.56. The standard InChI is InChI=1S/C23H17F8NO2.C2H6/c24-19-9-14(22(26,27)28)10-20(25)18(19)12-32(13-21(33)23(29,30)31)15-5-4-8-17(11-15)34-16-6-2-1-3-7-16;1-2/h1-11,21,33H,12-13H2;1-2H3. The van der Waals surface area contributed by atoms with Crippen molar-refractivity contribution < 1.29 is 45.0 Å². The number of para-hydroxylation sites is 1. The topological polar surface area (TPSA) is 32.7 Å². The maximum Gasteiger partial charge on any atom is 0.416 e. The van der Waals surface area contributed by atoms with Crippen LogP contribution in [-0.4, -0.2) is 23.9 Å². The predicted octanol–water partition coefficient (Wildman–Crippen LogP) is 7.73. The molecule has 3 rings (SSSR count). The average molecular weight is 521 g/mol. The minimum absolute atomic E-state index is 0.0181. The van der Waals surface area contributed by atoms with Crippen molar-refractivity contribution >= 4 is 5.69 Å². The van der Waals surface area contributed by atoms with Crippen LogP contribution in [0.2, 0.25) is 0 Å². The molecule has 0 saturated heterocycles. The second kappa shape index (κ2) is 12.1. The molecule has 3 aromatic rings. The molecule has 0 saturated carbocycles. The highest BCUT2D eigenvalue weighted by atomic mass is 19.4. The maximum atomic E-state index is 14.4. The molecule has 1 N–H and O–H groups in total. The Morgan fingerprint density at radius 2 is 1.36 bits per heavy atom. The van der Waals surface area contributed by atoms with Crippen LogP contribution in [0.1, 0.15) is 25.0 Å². The van der Waals surface area contributed by atoms with E-state index in [1.54, 1.807) is 30.3 Å². The molecule has 1 unspecified atom stereocenters. The molecule has 196 valence electrons. The van der Waals surface area contributed by atoms with Gasteiger partial charge in [-0.25, -0.2) is 8.78 Å². The predicted molar refractivity (Wildman–Crippen MR) is 119 cm³/mol. The van der Waals surface area contributed by atoms with Crippen molar-refractivity contribution in [3.63, 3.8) is 0 Å². The van der Waals surface area contributed by atoms with Gasteiger partial charge in [0.05, 0.1) is 12.1 Å². The van der Waals surface area contributed by atoms with Crippen molar-refractivity contribution in [3.05, 3.63) is 89.5 Å². The minimum atomic E-state index is -5.05. The third kappa shape index (κ3) is 7.84. The first-order chi connectivity index (χ1) is 16.8. The number of alkyl halides is 6. The van der Waals surface area contributed by atoms with E-state index in [0.29, 0.717) is 5.75 Å². The van der Waals surface area contributed by atoms with E-state index in [9.17, 15) is 40.2 Å². The van der Waals surface area contributed by atoms with Gasteiger partial charge in [0.2, 0.25) is 0 Å². The smallest absolute Gasteiger partial charge is 0.416 e. The molecular formula is C25H23F8NO2. The summed E-state index contributed by atoms with van der Waals surface area (Å²) < 4.78 is 112. The summed E-state index contributed by atoms with van der Waals surface area (Å²) in [5.74, 6) is -2.60. The molecular weight excluding hydrogens is 498 g/mol. The van der Waals surface area contributed by atoms with Crippen LogP contribution < -0.4 is 9.64 Å². The van der Waals surface area contributed by atoms with Crippen LogP contribution in [0.15, 0.2) is 66.7 Å². The number of rotatable bonds is 7. The van der Waals surface area contributed by atoms with Gasteiger partial charge in [-0.05, 0) is 36.4 Å². The lowest BCUT2D eigenvalue weighted by molar-refractivity contribution is -0.200. The zero-order valence-corrected chi connectivity index (χ0v) is 19.2. The molecule has 0 aliphatic heterocycles. The van der Waals surface area contributed by atoms with Gasteiger partial charge in [0.15, 0.2) is 6.10 Å². The maximum absolute atomic E-state index is 14.4. The second-order valence-corrected chi connectivity index (χ2v) is 7.27. The van der Waals surface area contributed by atoms with Crippen LogP contribution in [-0.2, 0) is 12.7 Å². The van der Waals surface area contributed by atoms with E-state index in [0.717, 1.165) is 4.90 Å². The van der Waals surface area contributed by atoms with Crippen LogP contribution in [0, 0.1) is 11.6 Å². The normalized spacial score (nSPS) is 12.4. The molecule has 1 atom stereocenters. The Kier molecular flexibility index (Phi) is 9.69. The molecule has 0 radical (unpaired) electrons. The van der Waals surface area contributed by atoms with E-state index in [1.165, 1.54) is 24.3 Å². The van der Waals surface area contributed by atoms with Crippen molar-refractivity contribution in [2.75, 3.05) is 11.4 Å². The van der Waals surface area contributed by atoms with Crippen molar-refractivity contribution in [2.45, 2.75) is 38.8 Å². The van der Waals surface area contributed by atoms with Gasteiger partial charge in [0.1, 0.15) is 23.1 Å². The minimum Gasteiger partial charge on any atom is -0.457 e. The van der Waals surface area contributed by atoms with E-state index in [1.807, 2.05) is 13.8 Å². The quantitative estimate of drug-likeness (QED) is 0.323. The fourth-order valence-corrected chi connectivity index (χ4v) is 3.05. The highest BCUT2D eigenvalue weighted by molar-refractivity contribution is 5.52. The fourth-order valence-electron chi connectivity index (χ4n) is 3.05. The summed E-state index contributed by atoms with van der Waals surface area (Å²) in [4.78, 5) is 0.796. The van der Waals surface area contributed by atoms with Gasteiger partial charge in [-0.1, -0.05) is 38.1 Å². The van der Waals surface area contributed by atoms with Crippen LogP contribution >= 0.6 is 0 Å². The van der Waals surface area contributed by atoms with Crippen LogP contribution in [0.4, 0.5) is 40.8 Å². The Morgan fingerprint density at radius 1 is 0.806 bits per heavy atom. The third-order valence-electron chi connectivity index (χ3n) is 4.75. The molecule has 0 heterocycles. The van der Waals surface area contributed by atoms with E-state index >= 15 is 0 Å². The number of halogens is 8. The Labute approximate surface area is 202 Å². The Hall–Kier alpha value is -3.34. The van der Waals surface area contributed by atoms with Gasteiger partial charge in [-0.3, -0.25) is 0 Å². The van der Waals surface area contributed by atoms with Gasteiger partial charge in [0, 0.05) is 23.9 Å². The molecule has 11 heteroatoms. The van der Waals surface area contributed by atoms with Crippen molar-refractivity contribution in [2.24, 2.45) is 0 Å². The van der Waals surface area contributed by atoms with Crippen LogP contribution in [0.5, 0.6) is 11.5 Å². The first-order valence-electron chi connectivity index (χ1n) is 10.7. The highest BCUT2D eigenvalue weighted by Gasteiger charge is 2.40. The largest absolute Gasteiger partial charge is 0.457 e. The summed E-state index contributed by atoms with van der Waals surface area (Å²) in [6.07, 6.45) is -13.0. The number of nitrogens with zero attached hydrogens (tertiary/aromatic N) is 1. The highest BCUT2D eigenvalue weighted by Crippen LogP contribution is 2.33. The average Bonchev–Trinajstić information content (AvgIpc) is 2.81. The first kappa shape index (κ1) is 28.9. The lowest BCUT2D eigenvalue weighted by Gasteiger charge is -2.29. The van der Waals surface area contributed by atoms with E-state index < -0.39 is 54.3 Å². The Bertz CT molecular complexity index is 1090. The lowest BCUT2D eigenvalue weighted by atomic mass is 10.1. The molecule has 0 aliphatic rings. The third-order valence-corrected chi connectivity index (χ3v) is 4.75. The van der Waals surface area contributed by atoms with Gasteiger partial charge in [-0.2, -0.15) is 26.3 Å². The first-order valence-corrected chi connectivity index (χ1v) is 10.7. The molecule has 0 fully saturated rings. The van der Waals surface area contributed by atoms with Gasteiger partial charge < -0.3 is 14.7 Å². The zero-order chi connectivity index (χ0) is 27.1. The van der Waals surface area contributed by atoms with Crippen LogP contribution in [0.3, 0.4) is 0 Å². The number of aliphatic hydroxyl groups excluding tert-OH is 1. The summed E-state index contributed by atoms with van der Waals surface area (Å²) in [5.41, 5.74) is -2.49. The molecule has 3 nitrogen and oxygen atoms in total. The molecule has 0 spiro atoms. The molecule has 0 aliphatic carbocycles. The van der Waals surface area contributed by atoms with E-state index in [2.05, 4.69) is 0 Å². The fraction of sp³-hybridized carbons (Fsp3) is 0.280. The van der Waals surface area contributed by atoms with Crippen LogP contribution in [0.25, 0.3) is 0 Å². The molecule has 36 heavy (non-hydrogen) atoms. The molecule has 0 bridgehead atoms. The van der Waals surface area contributed by atoms with Crippen molar-refractivity contribution in [3.8, 4) is 11.5 Å². The number of benzene rings is 3. The molecule has 0 aromatic heterocycles. The summed E-state index contributed by atoms with van der Waals surface area (Å²) >= 11 is 0. The van der Waals surface area contributed by atoms with E-state index in [-0.39, 0.29) is 23.6 Å². The van der Waals surface area contributed by atoms with Gasteiger partial charge in [-0.15, -0.1) is 0 Å². The second-order valence-electron chi connectivity index (χ2n) is 7.27. The summed E-state index contributed by atoms with van der Waals surface area (Å²) in [6, 6.07) is 13.9. The van der Waals surface area contributed by atoms with Crippen molar-refractivity contribution in [1.82, 2.24) is 0 Å². The Morgan fingerprint density at radius 3 is 1.89 bits per heavy atom. The van der Waals surface area contributed by atoms with Gasteiger partial charge in [0.25, 0.3) is 0 Å².